The molecule has 1 unspecified atom stereocenters. The third-order valence-electron chi connectivity index (χ3n) is 10.1. The molecule has 1 atom stereocenters. The Hall–Kier alpha value is -3.51. The Morgan fingerprint density at radius 3 is 2.74 bits per heavy atom. The number of ether oxygens (including phenoxy) is 1. The molecule has 4 aliphatic rings. The molecular formula is C34H32ClF2N5O. The van der Waals surface area contributed by atoms with Gasteiger partial charge in [0.05, 0.1) is 21.5 Å². The average molecular weight is 600 g/mol. The molecule has 0 radical (unpaired) electrons. The summed E-state index contributed by atoms with van der Waals surface area (Å²) in [4.78, 5) is 14.5. The third kappa shape index (κ3) is 4.12. The van der Waals surface area contributed by atoms with Crippen LogP contribution in [0.5, 0.6) is 6.01 Å². The number of hydrogen-bond donors (Lipinski definition) is 1. The van der Waals surface area contributed by atoms with E-state index >= 15 is 4.39 Å². The normalized spacial score (nSPS) is 21.1. The van der Waals surface area contributed by atoms with Crippen molar-refractivity contribution in [3.63, 3.8) is 0 Å². The number of aromatic nitrogens is 2. The van der Waals surface area contributed by atoms with Crippen LogP contribution in [0.25, 0.3) is 32.8 Å². The van der Waals surface area contributed by atoms with Gasteiger partial charge < -0.3 is 15.0 Å². The van der Waals surface area contributed by atoms with E-state index in [1.54, 1.807) is 12.1 Å². The van der Waals surface area contributed by atoms with Crippen LogP contribution in [0.4, 0.5) is 14.6 Å². The zero-order valence-electron chi connectivity index (χ0n) is 23.9. The van der Waals surface area contributed by atoms with Crippen molar-refractivity contribution in [2.45, 2.75) is 50.1 Å². The van der Waals surface area contributed by atoms with E-state index in [9.17, 15) is 4.39 Å². The van der Waals surface area contributed by atoms with E-state index in [2.05, 4.69) is 21.0 Å². The monoisotopic (exact) mass is 599 g/mol. The Balaban J connectivity index is 1.36. The lowest BCUT2D eigenvalue weighted by Crippen LogP contribution is -2.51. The number of aryl methyl sites for hydroxylation is 1. The van der Waals surface area contributed by atoms with Gasteiger partial charge in [0.25, 0.3) is 0 Å². The Morgan fingerprint density at radius 1 is 1.09 bits per heavy atom. The molecular weight excluding hydrogens is 568 g/mol. The number of fused-ring (bicyclic) bond motifs is 4. The summed E-state index contributed by atoms with van der Waals surface area (Å²) in [7, 11) is 0. The Kier molecular flexibility index (Phi) is 6.48. The standard InChI is InChI=1S/C34H32ClF2N5O/c1-2-22-25(36)11-8-20-6-3-7-23(26(20)22)27-29(35)24-10-9-21-18-38-14-17-42(21)32-28(24)31(30(27)37)39-33(40-32)43-19-34-12-4-15-41(34)16-5-13-34/h1,3,6-8,11,21,38H,4-5,9-10,12-19H2. The molecule has 9 heteroatoms. The summed E-state index contributed by atoms with van der Waals surface area (Å²) in [6, 6.07) is 8.76. The summed E-state index contributed by atoms with van der Waals surface area (Å²) < 4.78 is 38.4. The van der Waals surface area contributed by atoms with Gasteiger partial charge in [0.2, 0.25) is 0 Å². The van der Waals surface area contributed by atoms with Gasteiger partial charge in [-0.3, -0.25) is 4.90 Å². The number of nitrogens with zero attached hydrogens (tertiary/aromatic N) is 4. The molecule has 0 spiro atoms. The van der Waals surface area contributed by atoms with Crippen molar-refractivity contribution in [3.8, 4) is 29.5 Å². The van der Waals surface area contributed by atoms with Gasteiger partial charge in [-0.25, -0.2) is 8.78 Å². The van der Waals surface area contributed by atoms with E-state index in [-0.39, 0.29) is 34.2 Å². The number of anilines is 1. The average Bonchev–Trinajstić information content (AvgIpc) is 3.56. The predicted molar refractivity (Wildman–Crippen MR) is 166 cm³/mol. The number of terminal acetylenes is 1. The van der Waals surface area contributed by atoms with E-state index in [1.165, 1.54) is 6.07 Å². The fourth-order valence-corrected chi connectivity index (χ4v) is 8.43. The molecule has 0 saturated carbocycles. The molecule has 0 aliphatic carbocycles. The quantitative estimate of drug-likeness (QED) is 0.286. The molecule has 4 aliphatic heterocycles. The van der Waals surface area contributed by atoms with E-state index in [0.717, 1.165) is 70.4 Å². The van der Waals surface area contributed by atoms with E-state index < -0.39 is 11.6 Å². The molecule has 8 rings (SSSR count). The van der Waals surface area contributed by atoms with Gasteiger partial charge in [0.15, 0.2) is 5.82 Å². The van der Waals surface area contributed by atoms with Crippen molar-refractivity contribution in [2.75, 3.05) is 44.2 Å². The molecule has 1 N–H and O–H groups in total. The van der Waals surface area contributed by atoms with Crippen molar-refractivity contribution in [1.29, 1.82) is 0 Å². The first-order valence-electron chi connectivity index (χ1n) is 15.2. The van der Waals surface area contributed by atoms with Crippen LogP contribution in [0.15, 0.2) is 30.3 Å². The minimum Gasteiger partial charge on any atom is -0.461 e. The lowest BCUT2D eigenvalue weighted by atomic mass is 9.91. The highest BCUT2D eigenvalue weighted by molar-refractivity contribution is 6.36. The van der Waals surface area contributed by atoms with Crippen molar-refractivity contribution >= 4 is 39.1 Å². The van der Waals surface area contributed by atoms with Crippen LogP contribution in [0.3, 0.4) is 0 Å². The Bertz CT molecular complexity index is 1830. The van der Waals surface area contributed by atoms with Gasteiger partial charge in [-0.1, -0.05) is 41.8 Å². The zero-order chi connectivity index (χ0) is 29.3. The highest BCUT2D eigenvalue weighted by atomic mass is 35.5. The molecule has 0 amide bonds. The molecule has 3 saturated heterocycles. The molecule has 6 nitrogen and oxygen atoms in total. The van der Waals surface area contributed by atoms with Crippen molar-refractivity contribution in [1.82, 2.24) is 20.2 Å². The maximum atomic E-state index is 17.1. The van der Waals surface area contributed by atoms with Crippen LogP contribution in [0, 0.1) is 24.0 Å². The first-order valence-corrected chi connectivity index (χ1v) is 15.6. The molecule has 220 valence electrons. The number of hydrogen-bond acceptors (Lipinski definition) is 6. The minimum absolute atomic E-state index is 0.00245. The third-order valence-corrected chi connectivity index (χ3v) is 10.5. The molecule has 5 heterocycles. The fourth-order valence-electron chi connectivity index (χ4n) is 8.06. The summed E-state index contributed by atoms with van der Waals surface area (Å²) in [5.74, 6) is 2.05. The maximum absolute atomic E-state index is 17.1. The second-order valence-corrected chi connectivity index (χ2v) is 12.7. The van der Waals surface area contributed by atoms with Crippen molar-refractivity contribution < 1.29 is 13.5 Å². The fraction of sp³-hybridized carbons (Fsp3) is 0.412. The van der Waals surface area contributed by atoms with Crippen LogP contribution < -0.4 is 15.0 Å². The number of piperazine rings is 1. The number of nitrogens with one attached hydrogen (secondary N) is 1. The van der Waals surface area contributed by atoms with Crippen LogP contribution in [-0.2, 0) is 6.42 Å². The molecule has 43 heavy (non-hydrogen) atoms. The van der Waals surface area contributed by atoms with Gasteiger partial charge in [-0.2, -0.15) is 9.97 Å². The van der Waals surface area contributed by atoms with Gasteiger partial charge in [-0.15, -0.1) is 6.42 Å². The van der Waals surface area contributed by atoms with Crippen molar-refractivity contribution in [3.05, 3.63) is 58.1 Å². The van der Waals surface area contributed by atoms with Crippen LogP contribution in [0.1, 0.15) is 43.2 Å². The van der Waals surface area contributed by atoms with Gasteiger partial charge in [-0.05, 0) is 74.2 Å². The minimum atomic E-state index is -0.577. The lowest BCUT2D eigenvalue weighted by molar-refractivity contribution is 0.108. The van der Waals surface area contributed by atoms with Crippen LogP contribution >= 0.6 is 11.6 Å². The number of rotatable bonds is 4. The van der Waals surface area contributed by atoms with Gasteiger partial charge in [0, 0.05) is 36.6 Å². The van der Waals surface area contributed by atoms with Crippen molar-refractivity contribution in [2.24, 2.45) is 0 Å². The van der Waals surface area contributed by atoms with Crippen LogP contribution in [-0.4, -0.2) is 65.8 Å². The molecule has 3 fully saturated rings. The highest BCUT2D eigenvalue weighted by Gasteiger charge is 2.45. The van der Waals surface area contributed by atoms with E-state index in [4.69, 9.17) is 32.7 Å². The first-order chi connectivity index (χ1) is 21.0. The first kappa shape index (κ1) is 27.1. The molecule has 3 aromatic carbocycles. The van der Waals surface area contributed by atoms with Gasteiger partial charge >= 0.3 is 6.01 Å². The highest BCUT2D eigenvalue weighted by Crippen LogP contribution is 2.47. The summed E-state index contributed by atoms with van der Waals surface area (Å²) in [5.41, 5.74) is 1.69. The summed E-state index contributed by atoms with van der Waals surface area (Å²) in [6.45, 7) is 4.99. The lowest BCUT2D eigenvalue weighted by Gasteiger charge is -2.36. The van der Waals surface area contributed by atoms with E-state index in [1.807, 2.05) is 12.1 Å². The Morgan fingerprint density at radius 2 is 1.93 bits per heavy atom. The summed E-state index contributed by atoms with van der Waals surface area (Å²) >= 11 is 7.17. The molecule has 4 aromatic rings. The van der Waals surface area contributed by atoms with Crippen LogP contribution in [0.2, 0.25) is 5.02 Å². The molecule has 0 bridgehead atoms. The Labute approximate surface area is 254 Å². The predicted octanol–water partition coefficient (Wildman–Crippen LogP) is 6.09. The summed E-state index contributed by atoms with van der Waals surface area (Å²) in [6.07, 6.45) is 11.7. The number of halogens is 3. The molecule has 1 aromatic heterocycles. The van der Waals surface area contributed by atoms with Gasteiger partial charge in [0.1, 0.15) is 23.8 Å². The topological polar surface area (TPSA) is 53.5 Å². The zero-order valence-corrected chi connectivity index (χ0v) is 24.6. The smallest absolute Gasteiger partial charge is 0.319 e. The van der Waals surface area contributed by atoms with E-state index in [0.29, 0.717) is 45.6 Å². The largest absolute Gasteiger partial charge is 0.461 e. The maximum Gasteiger partial charge on any atom is 0.319 e. The second-order valence-electron chi connectivity index (χ2n) is 12.3. The second kappa shape index (κ2) is 10.3. The number of benzene rings is 3. The SMILES string of the molecule is C#Cc1c(F)ccc2cccc(-c3c(Cl)c4c5c(nc(OCC67CCCN6CCC7)nc5c3F)N3CCNCC3CC4)c12. The summed E-state index contributed by atoms with van der Waals surface area (Å²) in [5, 5.41) is 5.58.